The first kappa shape index (κ1) is 15.6. The summed E-state index contributed by atoms with van der Waals surface area (Å²) in [5.74, 6) is -1.61. The number of carboxylic acid groups (broad SMARTS) is 1. The van der Waals surface area contributed by atoms with Crippen LogP contribution < -0.4 is 0 Å². The van der Waals surface area contributed by atoms with Crippen molar-refractivity contribution in [1.82, 2.24) is 9.80 Å². The first-order valence-corrected chi connectivity index (χ1v) is 6.00. The fourth-order valence-electron chi connectivity index (χ4n) is 1.98. The fourth-order valence-corrected chi connectivity index (χ4v) is 1.98. The third-order valence-corrected chi connectivity index (χ3v) is 3.10. The van der Waals surface area contributed by atoms with Gasteiger partial charge in [0.1, 0.15) is 0 Å². The summed E-state index contributed by atoms with van der Waals surface area (Å²) in [7, 11) is 1.29. The molecule has 1 saturated heterocycles. The van der Waals surface area contributed by atoms with Crippen molar-refractivity contribution in [2.45, 2.75) is 25.4 Å². The average Bonchev–Trinajstić information content (AvgIpc) is 2.34. The summed E-state index contributed by atoms with van der Waals surface area (Å²) < 4.78 is 36.2. The Hall–Kier alpha value is -1.47. The van der Waals surface area contributed by atoms with E-state index in [9.17, 15) is 22.8 Å². The molecule has 0 aromatic rings. The summed E-state index contributed by atoms with van der Waals surface area (Å²) in [6, 6.07) is -0.546. The number of nitrogens with zero attached hydrogens (tertiary/aromatic N) is 2. The maximum Gasteiger partial charge on any atom is 0.390 e. The number of hydrogen-bond acceptors (Lipinski definition) is 2. The molecule has 110 valence electrons. The quantitative estimate of drug-likeness (QED) is 0.858. The summed E-state index contributed by atoms with van der Waals surface area (Å²) in [6.45, 7) is 0.0278. The molecule has 0 aromatic carbocycles. The van der Waals surface area contributed by atoms with Gasteiger partial charge in [-0.3, -0.25) is 4.79 Å². The highest BCUT2D eigenvalue weighted by Gasteiger charge is 2.32. The van der Waals surface area contributed by atoms with Gasteiger partial charge in [-0.25, -0.2) is 4.79 Å². The predicted molar refractivity (Wildman–Crippen MR) is 60.6 cm³/mol. The van der Waals surface area contributed by atoms with Crippen molar-refractivity contribution in [3.8, 4) is 0 Å². The van der Waals surface area contributed by atoms with Crippen LogP contribution in [0.2, 0.25) is 0 Å². The van der Waals surface area contributed by atoms with E-state index in [0.29, 0.717) is 19.4 Å². The zero-order valence-corrected chi connectivity index (χ0v) is 10.6. The van der Waals surface area contributed by atoms with Gasteiger partial charge in [0.25, 0.3) is 0 Å². The number of halogens is 3. The molecule has 0 bridgehead atoms. The van der Waals surface area contributed by atoms with Crippen LogP contribution in [-0.2, 0) is 4.79 Å². The minimum absolute atomic E-state index is 0.0600. The van der Waals surface area contributed by atoms with Gasteiger partial charge in [0, 0.05) is 26.7 Å². The van der Waals surface area contributed by atoms with Gasteiger partial charge in [-0.15, -0.1) is 0 Å². The van der Waals surface area contributed by atoms with Gasteiger partial charge >= 0.3 is 18.2 Å². The Balaban J connectivity index is 2.49. The van der Waals surface area contributed by atoms with Crippen LogP contribution in [0.1, 0.15) is 19.3 Å². The fraction of sp³-hybridized carbons (Fsp3) is 0.818. The molecule has 0 unspecified atom stereocenters. The lowest BCUT2D eigenvalue weighted by molar-refractivity contribution is -0.143. The number of rotatable bonds is 3. The predicted octanol–water partition coefficient (Wildman–Crippen LogP) is 1.79. The SMILES string of the molecule is CN(CCC(F)(F)F)C(=O)N1CCC[C@@H](C(=O)O)C1. The van der Waals surface area contributed by atoms with Crippen molar-refractivity contribution < 1.29 is 27.9 Å². The lowest BCUT2D eigenvalue weighted by Gasteiger charge is -2.33. The number of urea groups is 1. The Bertz CT molecular complexity index is 347. The Morgan fingerprint density at radius 3 is 2.58 bits per heavy atom. The monoisotopic (exact) mass is 282 g/mol. The van der Waals surface area contributed by atoms with Crippen LogP contribution in [-0.4, -0.2) is 59.8 Å². The molecule has 8 heteroatoms. The lowest BCUT2D eigenvalue weighted by Crippen LogP contribution is -2.48. The summed E-state index contributed by atoms with van der Waals surface area (Å²) >= 11 is 0. The number of hydrogen-bond donors (Lipinski definition) is 1. The molecule has 1 rings (SSSR count). The zero-order chi connectivity index (χ0) is 14.6. The number of carbonyl (C=O) groups is 2. The second-order valence-corrected chi connectivity index (χ2v) is 4.69. The van der Waals surface area contributed by atoms with Crippen LogP contribution in [0, 0.1) is 5.92 Å². The van der Waals surface area contributed by atoms with Gasteiger partial charge in [-0.2, -0.15) is 13.2 Å². The molecule has 1 N–H and O–H groups in total. The zero-order valence-electron chi connectivity index (χ0n) is 10.6. The van der Waals surface area contributed by atoms with Crippen molar-refractivity contribution in [2.75, 3.05) is 26.7 Å². The molecule has 0 saturated carbocycles. The van der Waals surface area contributed by atoms with Crippen LogP contribution in [0.4, 0.5) is 18.0 Å². The minimum Gasteiger partial charge on any atom is -0.481 e. The third-order valence-electron chi connectivity index (χ3n) is 3.10. The molecule has 2 amide bonds. The molecule has 1 aliphatic heterocycles. The number of likely N-dealkylation sites (tertiary alicyclic amines) is 1. The van der Waals surface area contributed by atoms with E-state index in [1.165, 1.54) is 11.9 Å². The Morgan fingerprint density at radius 1 is 1.42 bits per heavy atom. The van der Waals surface area contributed by atoms with Crippen molar-refractivity contribution in [3.63, 3.8) is 0 Å². The van der Waals surface area contributed by atoms with Gasteiger partial charge in [-0.1, -0.05) is 0 Å². The summed E-state index contributed by atoms with van der Waals surface area (Å²) in [4.78, 5) is 25.0. The van der Waals surface area contributed by atoms with E-state index in [-0.39, 0.29) is 6.54 Å². The van der Waals surface area contributed by atoms with E-state index < -0.39 is 37.1 Å². The van der Waals surface area contributed by atoms with Crippen molar-refractivity contribution in [1.29, 1.82) is 0 Å². The van der Waals surface area contributed by atoms with E-state index in [0.717, 1.165) is 4.90 Å². The summed E-state index contributed by atoms with van der Waals surface area (Å²) in [6.07, 6.45) is -4.33. The number of carbonyl (C=O) groups excluding carboxylic acids is 1. The summed E-state index contributed by atoms with van der Waals surface area (Å²) in [5, 5.41) is 8.89. The maximum atomic E-state index is 12.1. The second kappa shape index (κ2) is 6.12. The molecule has 1 fully saturated rings. The standard InChI is InChI=1S/C11H17F3N2O3/c1-15(6-4-11(12,13)14)10(19)16-5-2-3-8(7-16)9(17)18/h8H,2-7H2,1H3,(H,17,18)/t8-/m1/s1. The Labute approximate surface area is 109 Å². The van der Waals surface area contributed by atoms with E-state index in [2.05, 4.69) is 0 Å². The van der Waals surface area contributed by atoms with Gasteiger partial charge < -0.3 is 14.9 Å². The van der Waals surface area contributed by atoms with Gasteiger partial charge in [0.2, 0.25) is 0 Å². The Morgan fingerprint density at radius 2 is 2.05 bits per heavy atom. The second-order valence-electron chi connectivity index (χ2n) is 4.69. The molecular weight excluding hydrogens is 265 g/mol. The van der Waals surface area contributed by atoms with Crippen LogP contribution in [0.15, 0.2) is 0 Å². The highest BCUT2D eigenvalue weighted by atomic mass is 19.4. The first-order valence-electron chi connectivity index (χ1n) is 6.00. The largest absolute Gasteiger partial charge is 0.481 e. The van der Waals surface area contributed by atoms with Crippen molar-refractivity contribution >= 4 is 12.0 Å². The van der Waals surface area contributed by atoms with E-state index in [1.807, 2.05) is 0 Å². The number of piperidine rings is 1. The first-order chi connectivity index (χ1) is 8.70. The highest BCUT2D eigenvalue weighted by Crippen LogP contribution is 2.21. The molecule has 19 heavy (non-hydrogen) atoms. The van der Waals surface area contributed by atoms with E-state index in [1.54, 1.807) is 0 Å². The van der Waals surface area contributed by atoms with Gasteiger partial charge in [0.15, 0.2) is 0 Å². The number of aliphatic carboxylic acids is 1. The molecular formula is C11H17F3N2O3. The van der Waals surface area contributed by atoms with Crippen LogP contribution >= 0.6 is 0 Å². The molecule has 0 radical (unpaired) electrons. The third kappa shape index (κ3) is 4.96. The highest BCUT2D eigenvalue weighted by molar-refractivity contribution is 5.76. The Kier molecular flexibility index (Phi) is 5.02. The van der Waals surface area contributed by atoms with Gasteiger partial charge in [0.05, 0.1) is 12.3 Å². The molecule has 5 nitrogen and oxygen atoms in total. The maximum absolute atomic E-state index is 12.1. The molecule has 0 spiro atoms. The van der Waals surface area contributed by atoms with E-state index in [4.69, 9.17) is 5.11 Å². The molecule has 1 atom stereocenters. The van der Waals surface area contributed by atoms with Crippen LogP contribution in [0.5, 0.6) is 0 Å². The number of carboxylic acids is 1. The molecule has 0 aliphatic carbocycles. The average molecular weight is 282 g/mol. The smallest absolute Gasteiger partial charge is 0.390 e. The molecule has 0 aromatic heterocycles. The van der Waals surface area contributed by atoms with Crippen molar-refractivity contribution in [3.05, 3.63) is 0 Å². The molecule has 1 heterocycles. The number of alkyl halides is 3. The lowest BCUT2D eigenvalue weighted by atomic mass is 9.99. The normalized spacial score (nSPS) is 20.2. The minimum atomic E-state index is -4.31. The topological polar surface area (TPSA) is 60.9 Å². The van der Waals surface area contributed by atoms with Crippen LogP contribution in [0.25, 0.3) is 0 Å². The van der Waals surface area contributed by atoms with Crippen LogP contribution in [0.3, 0.4) is 0 Å². The van der Waals surface area contributed by atoms with Crippen molar-refractivity contribution in [2.24, 2.45) is 5.92 Å². The van der Waals surface area contributed by atoms with E-state index >= 15 is 0 Å². The number of amides is 2. The summed E-state index contributed by atoms with van der Waals surface area (Å²) in [5.41, 5.74) is 0. The van der Waals surface area contributed by atoms with Gasteiger partial charge in [-0.05, 0) is 12.8 Å². The molecule has 1 aliphatic rings.